The molecular formula is C24H30N4O3. The molecule has 1 saturated heterocycles. The van der Waals surface area contributed by atoms with Gasteiger partial charge in [0.05, 0.1) is 19.0 Å². The summed E-state index contributed by atoms with van der Waals surface area (Å²) < 4.78 is 0. The second-order valence-electron chi connectivity index (χ2n) is 7.94. The zero-order valence-corrected chi connectivity index (χ0v) is 18.1. The van der Waals surface area contributed by atoms with E-state index in [2.05, 4.69) is 10.6 Å². The molecule has 0 spiro atoms. The fourth-order valence-electron chi connectivity index (χ4n) is 3.68. The molecule has 1 aliphatic heterocycles. The van der Waals surface area contributed by atoms with Crippen LogP contribution in [0.5, 0.6) is 0 Å². The molecule has 2 aromatic carbocycles. The lowest BCUT2D eigenvalue weighted by molar-refractivity contribution is -0.133. The molecular weight excluding hydrogens is 392 g/mol. The van der Waals surface area contributed by atoms with E-state index in [-0.39, 0.29) is 30.2 Å². The number of hydrogen-bond donors (Lipinski definition) is 2. The van der Waals surface area contributed by atoms with E-state index < -0.39 is 0 Å². The smallest absolute Gasteiger partial charge is 0.238 e. The Hall–Kier alpha value is -3.19. The predicted octanol–water partition coefficient (Wildman–Crippen LogP) is 2.35. The summed E-state index contributed by atoms with van der Waals surface area (Å²) in [6.45, 7) is 6.19. The molecule has 3 rings (SSSR count). The summed E-state index contributed by atoms with van der Waals surface area (Å²) in [6.07, 6.45) is 0.219. The minimum atomic E-state index is -0.347. The molecule has 2 N–H and O–H groups in total. The van der Waals surface area contributed by atoms with Crippen LogP contribution in [-0.4, -0.2) is 60.2 Å². The Balaban J connectivity index is 1.49. The van der Waals surface area contributed by atoms with Gasteiger partial charge in [-0.15, -0.1) is 0 Å². The number of nitrogens with zero attached hydrogens (tertiary/aromatic N) is 2. The SMILES string of the molecule is CC(=O)NC(CC(=O)N1CCN(CC(=O)Nc2ccccc2)CC1)c1ccc(C)cc1. The molecule has 1 unspecified atom stereocenters. The summed E-state index contributed by atoms with van der Waals surface area (Å²) >= 11 is 0. The van der Waals surface area contributed by atoms with E-state index in [0.29, 0.717) is 32.7 Å². The number of para-hydroxylation sites is 1. The van der Waals surface area contributed by atoms with E-state index in [0.717, 1.165) is 16.8 Å². The van der Waals surface area contributed by atoms with E-state index >= 15 is 0 Å². The van der Waals surface area contributed by atoms with Crippen LogP contribution in [0, 0.1) is 6.92 Å². The third-order valence-corrected chi connectivity index (χ3v) is 5.39. The molecule has 0 bridgehead atoms. The molecule has 7 heteroatoms. The highest BCUT2D eigenvalue weighted by Gasteiger charge is 2.25. The third-order valence-electron chi connectivity index (χ3n) is 5.39. The van der Waals surface area contributed by atoms with Gasteiger partial charge in [-0.3, -0.25) is 19.3 Å². The molecule has 7 nitrogen and oxygen atoms in total. The van der Waals surface area contributed by atoms with Crippen molar-refractivity contribution < 1.29 is 14.4 Å². The molecule has 1 heterocycles. The number of amides is 3. The van der Waals surface area contributed by atoms with Crippen molar-refractivity contribution in [2.45, 2.75) is 26.3 Å². The standard InChI is InChI=1S/C24H30N4O3/c1-18-8-10-20(11-9-18)22(25-19(2)29)16-24(31)28-14-12-27(13-15-28)17-23(30)26-21-6-4-3-5-7-21/h3-11,22H,12-17H2,1-2H3,(H,25,29)(H,26,30). The van der Waals surface area contributed by atoms with Crippen LogP contribution in [0.25, 0.3) is 0 Å². The quantitative estimate of drug-likeness (QED) is 0.718. The van der Waals surface area contributed by atoms with Crippen molar-refractivity contribution in [3.63, 3.8) is 0 Å². The lowest BCUT2D eigenvalue weighted by Crippen LogP contribution is -2.51. The Morgan fingerprint density at radius 1 is 0.935 bits per heavy atom. The van der Waals surface area contributed by atoms with Crippen LogP contribution in [0.2, 0.25) is 0 Å². The summed E-state index contributed by atoms with van der Waals surface area (Å²) in [5.41, 5.74) is 2.83. The van der Waals surface area contributed by atoms with Gasteiger partial charge in [0.15, 0.2) is 0 Å². The third kappa shape index (κ3) is 6.93. The van der Waals surface area contributed by atoms with Gasteiger partial charge in [-0.2, -0.15) is 0 Å². The lowest BCUT2D eigenvalue weighted by Gasteiger charge is -2.35. The summed E-state index contributed by atoms with van der Waals surface area (Å²) in [6, 6.07) is 16.9. The Labute approximate surface area is 183 Å². The van der Waals surface area contributed by atoms with Crippen LogP contribution in [0.15, 0.2) is 54.6 Å². The first-order valence-electron chi connectivity index (χ1n) is 10.6. The molecule has 31 heavy (non-hydrogen) atoms. The Morgan fingerprint density at radius 3 is 2.19 bits per heavy atom. The van der Waals surface area contributed by atoms with Crippen LogP contribution in [0.3, 0.4) is 0 Å². The Morgan fingerprint density at radius 2 is 1.58 bits per heavy atom. The average Bonchev–Trinajstić information content (AvgIpc) is 2.74. The second kappa shape index (κ2) is 10.7. The molecule has 1 aliphatic rings. The number of piperazine rings is 1. The fraction of sp³-hybridized carbons (Fsp3) is 0.375. The van der Waals surface area contributed by atoms with E-state index in [9.17, 15) is 14.4 Å². The normalized spacial score (nSPS) is 15.2. The van der Waals surface area contributed by atoms with Gasteiger partial charge in [-0.05, 0) is 24.6 Å². The van der Waals surface area contributed by atoms with Gasteiger partial charge >= 0.3 is 0 Å². The first-order valence-corrected chi connectivity index (χ1v) is 10.6. The highest BCUT2D eigenvalue weighted by atomic mass is 16.2. The number of benzene rings is 2. The number of nitrogens with one attached hydrogen (secondary N) is 2. The summed E-state index contributed by atoms with van der Waals surface area (Å²) in [5, 5.41) is 5.78. The number of carbonyl (C=O) groups is 3. The number of aryl methyl sites for hydroxylation is 1. The number of rotatable bonds is 7. The van der Waals surface area contributed by atoms with Crippen molar-refractivity contribution in [3.05, 3.63) is 65.7 Å². The maximum Gasteiger partial charge on any atom is 0.238 e. The largest absolute Gasteiger partial charge is 0.349 e. The van der Waals surface area contributed by atoms with Crippen LogP contribution in [0.4, 0.5) is 5.69 Å². The first kappa shape index (κ1) is 22.5. The molecule has 0 aromatic heterocycles. The van der Waals surface area contributed by atoms with Gasteiger partial charge in [-0.1, -0.05) is 48.0 Å². The van der Waals surface area contributed by atoms with Gasteiger partial charge in [0.2, 0.25) is 17.7 Å². The molecule has 0 radical (unpaired) electrons. The average molecular weight is 423 g/mol. The Bertz CT molecular complexity index is 891. The topological polar surface area (TPSA) is 81.8 Å². The minimum Gasteiger partial charge on any atom is -0.349 e. The van der Waals surface area contributed by atoms with Gasteiger partial charge < -0.3 is 15.5 Å². The van der Waals surface area contributed by atoms with Gasteiger partial charge in [0.25, 0.3) is 0 Å². The van der Waals surface area contributed by atoms with Crippen LogP contribution < -0.4 is 10.6 Å². The molecule has 1 atom stereocenters. The van der Waals surface area contributed by atoms with Crippen molar-refractivity contribution >= 4 is 23.4 Å². The van der Waals surface area contributed by atoms with Gasteiger partial charge in [-0.25, -0.2) is 0 Å². The molecule has 0 aliphatic carbocycles. The van der Waals surface area contributed by atoms with Crippen molar-refractivity contribution in [1.29, 1.82) is 0 Å². The first-order chi connectivity index (χ1) is 14.9. The van der Waals surface area contributed by atoms with Gasteiger partial charge in [0, 0.05) is 38.8 Å². The monoisotopic (exact) mass is 422 g/mol. The van der Waals surface area contributed by atoms with E-state index in [1.165, 1.54) is 6.92 Å². The highest BCUT2D eigenvalue weighted by Crippen LogP contribution is 2.19. The van der Waals surface area contributed by atoms with Crippen molar-refractivity contribution in [2.24, 2.45) is 0 Å². The highest BCUT2D eigenvalue weighted by molar-refractivity contribution is 5.92. The van der Waals surface area contributed by atoms with Crippen molar-refractivity contribution in [1.82, 2.24) is 15.1 Å². The fourth-order valence-corrected chi connectivity index (χ4v) is 3.68. The van der Waals surface area contributed by atoms with Crippen molar-refractivity contribution in [2.75, 3.05) is 38.0 Å². The predicted molar refractivity (Wildman–Crippen MR) is 120 cm³/mol. The molecule has 0 saturated carbocycles. The number of carbonyl (C=O) groups excluding carboxylic acids is 3. The zero-order valence-electron chi connectivity index (χ0n) is 18.1. The molecule has 1 fully saturated rings. The van der Waals surface area contributed by atoms with Crippen LogP contribution in [-0.2, 0) is 14.4 Å². The van der Waals surface area contributed by atoms with Crippen LogP contribution >= 0.6 is 0 Å². The zero-order chi connectivity index (χ0) is 22.2. The molecule has 3 amide bonds. The maximum atomic E-state index is 12.9. The van der Waals surface area contributed by atoms with E-state index in [4.69, 9.17) is 0 Å². The van der Waals surface area contributed by atoms with Crippen molar-refractivity contribution in [3.8, 4) is 0 Å². The lowest BCUT2D eigenvalue weighted by atomic mass is 10.0. The number of hydrogen-bond acceptors (Lipinski definition) is 4. The summed E-state index contributed by atoms with van der Waals surface area (Å²) in [7, 11) is 0. The number of anilines is 1. The molecule has 2 aromatic rings. The minimum absolute atomic E-state index is 0.00714. The summed E-state index contributed by atoms with van der Waals surface area (Å²) in [4.78, 5) is 40.6. The summed E-state index contributed by atoms with van der Waals surface area (Å²) in [5.74, 6) is -0.212. The van der Waals surface area contributed by atoms with Crippen LogP contribution in [0.1, 0.15) is 30.5 Å². The van der Waals surface area contributed by atoms with E-state index in [1.54, 1.807) is 0 Å². The maximum absolute atomic E-state index is 12.9. The second-order valence-corrected chi connectivity index (χ2v) is 7.94. The molecule has 164 valence electrons. The Kier molecular flexibility index (Phi) is 7.78. The van der Waals surface area contributed by atoms with E-state index in [1.807, 2.05) is 71.3 Å². The van der Waals surface area contributed by atoms with Gasteiger partial charge in [0.1, 0.15) is 0 Å².